The van der Waals surface area contributed by atoms with Crippen LogP contribution in [-0.2, 0) is 14.2 Å². The molecule has 2 saturated heterocycles. The van der Waals surface area contributed by atoms with E-state index in [1.54, 1.807) is 0 Å². The Labute approximate surface area is 109 Å². The van der Waals surface area contributed by atoms with Crippen molar-refractivity contribution in [3.05, 3.63) is 11.1 Å². The van der Waals surface area contributed by atoms with Crippen LogP contribution in [0.2, 0.25) is 0 Å². The van der Waals surface area contributed by atoms with E-state index in [1.165, 1.54) is 43.3 Å². The summed E-state index contributed by atoms with van der Waals surface area (Å²) < 4.78 is 17.6. The zero-order chi connectivity index (χ0) is 12.2. The lowest BCUT2D eigenvalue weighted by Crippen LogP contribution is -2.33. The third-order valence-corrected chi connectivity index (χ3v) is 4.32. The standard InChI is InChI=1S/C15H24O3/c1-3-8-17-14(5-1)12-7-10-16-11-13(12)15-6-2-4-9-18-15/h14-15H,1-11H2. The van der Waals surface area contributed by atoms with Gasteiger partial charge in [-0.1, -0.05) is 0 Å². The molecule has 3 aliphatic rings. The first-order chi connectivity index (χ1) is 8.95. The zero-order valence-electron chi connectivity index (χ0n) is 11.2. The van der Waals surface area contributed by atoms with Gasteiger partial charge in [0.25, 0.3) is 0 Å². The summed E-state index contributed by atoms with van der Waals surface area (Å²) in [6.45, 7) is 3.45. The molecule has 0 N–H and O–H groups in total. The SMILES string of the molecule is C1CCC(C2=C(C3CCCCO3)COCC2)OC1. The van der Waals surface area contributed by atoms with Gasteiger partial charge in [-0.3, -0.25) is 0 Å². The maximum Gasteiger partial charge on any atom is 0.0810 e. The van der Waals surface area contributed by atoms with E-state index in [2.05, 4.69) is 0 Å². The molecule has 3 aliphatic heterocycles. The smallest absolute Gasteiger partial charge is 0.0810 e. The predicted molar refractivity (Wildman–Crippen MR) is 69.6 cm³/mol. The summed E-state index contributed by atoms with van der Waals surface area (Å²) in [6, 6.07) is 0. The van der Waals surface area contributed by atoms with Gasteiger partial charge in [-0.25, -0.2) is 0 Å². The molecule has 0 radical (unpaired) electrons. The molecule has 3 heterocycles. The fourth-order valence-corrected chi connectivity index (χ4v) is 3.32. The second-order valence-electron chi connectivity index (χ2n) is 5.56. The van der Waals surface area contributed by atoms with Gasteiger partial charge in [0.2, 0.25) is 0 Å². The second-order valence-corrected chi connectivity index (χ2v) is 5.56. The van der Waals surface area contributed by atoms with Crippen LogP contribution in [0, 0.1) is 0 Å². The van der Waals surface area contributed by atoms with Gasteiger partial charge in [-0.15, -0.1) is 0 Å². The molecule has 0 aliphatic carbocycles. The molecular weight excluding hydrogens is 228 g/mol. The van der Waals surface area contributed by atoms with E-state index in [0.29, 0.717) is 12.2 Å². The van der Waals surface area contributed by atoms with Crippen LogP contribution in [0.1, 0.15) is 44.9 Å². The summed E-state index contributed by atoms with van der Waals surface area (Å²) in [5, 5.41) is 0. The normalized spacial score (nSPS) is 34.7. The Kier molecular flexibility index (Phi) is 4.34. The summed E-state index contributed by atoms with van der Waals surface area (Å²) in [5.74, 6) is 0. The van der Waals surface area contributed by atoms with Crippen LogP contribution in [0.25, 0.3) is 0 Å². The van der Waals surface area contributed by atoms with E-state index < -0.39 is 0 Å². The van der Waals surface area contributed by atoms with Crippen molar-refractivity contribution in [2.75, 3.05) is 26.4 Å². The molecule has 0 spiro atoms. The van der Waals surface area contributed by atoms with Crippen molar-refractivity contribution in [1.82, 2.24) is 0 Å². The zero-order valence-corrected chi connectivity index (χ0v) is 11.2. The van der Waals surface area contributed by atoms with E-state index in [0.717, 1.165) is 39.3 Å². The van der Waals surface area contributed by atoms with Crippen molar-refractivity contribution in [2.24, 2.45) is 0 Å². The van der Waals surface area contributed by atoms with Crippen LogP contribution in [0.4, 0.5) is 0 Å². The average molecular weight is 252 g/mol. The van der Waals surface area contributed by atoms with Crippen molar-refractivity contribution in [3.63, 3.8) is 0 Å². The Morgan fingerprint density at radius 3 is 2.00 bits per heavy atom. The third-order valence-electron chi connectivity index (χ3n) is 4.32. The molecule has 0 aromatic heterocycles. The lowest BCUT2D eigenvalue weighted by molar-refractivity contribution is 0.00431. The molecule has 0 aromatic carbocycles. The van der Waals surface area contributed by atoms with Crippen molar-refractivity contribution < 1.29 is 14.2 Å². The summed E-state index contributed by atoms with van der Waals surface area (Å²) >= 11 is 0. The van der Waals surface area contributed by atoms with Gasteiger partial charge in [0.15, 0.2) is 0 Å². The number of hydrogen-bond acceptors (Lipinski definition) is 3. The van der Waals surface area contributed by atoms with Crippen LogP contribution < -0.4 is 0 Å². The van der Waals surface area contributed by atoms with Crippen molar-refractivity contribution in [3.8, 4) is 0 Å². The van der Waals surface area contributed by atoms with E-state index in [9.17, 15) is 0 Å². The monoisotopic (exact) mass is 252 g/mol. The fraction of sp³-hybridized carbons (Fsp3) is 0.867. The van der Waals surface area contributed by atoms with Gasteiger partial charge in [0.1, 0.15) is 0 Å². The molecule has 0 amide bonds. The lowest BCUT2D eigenvalue weighted by Gasteiger charge is -2.34. The molecule has 0 saturated carbocycles. The Morgan fingerprint density at radius 1 is 0.722 bits per heavy atom. The minimum absolute atomic E-state index is 0.305. The number of rotatable bonds is 2. The highest BCUT2D eigenvalue weighted by Gasteiger charge is 2.29. The Balaban J connectivity index is 1.77. The van der Waals surface area contributed by atoms with Crippen LogP contribution in [0.15, 0.2) is 11.1 Å². The maximum absolute atomic E-state index is 5.97. The number of hydrogen-bond donors (Lipinski definition) is 0. The second kappa shape index (κ2) is 6.18. The molecular formula is C15H24O3. The van der Waals surface area contributed by atoms with Gasteiger partial charge in [0, 0.05) is 13.2 Å². The topological polar surface area (TPSA) is 27.7 Å². The van der Waals surface area contributed by atoms with E-state index in [4.69, 9.17) is 14.2 Å². The van der Waals surface area contributed by atoms with Gasteiger partial charge in [-0.05, 0) is 56.1 Å². The Hall–Kier alpha value is -0.380. The molecule has 3 heteroatoms. The van der Waals surface area contributed by atoms with Crippen molar-refractivity contribution >= 4 is 0 Å². The molecule has 0 bridgehead atoms. The summed E-state index contributed by atoms with van der Waals surface area (Å²) in [4.78, 5) is 0. The molecule has 2 unspecified atom stereocenters. The molecule has 2 atom stereocenters. The highest BCUT2D eigenvalue weighted by atomic mass is 16.5. The lowest BCUT2D eigenvalue weighted by atomic mass is 9.89. The summed E-state index contributed by atoms with van der Waals surface area (Å²) in [6.07, 6.45) is 9.05. The number of ether oxygens (including phenoxy) is 3. The molecule has 3 nitrogen and oxygen atoms in total. The van der Waals surface area contributed by atoms with E-state index in [1.807, 2.05) is 0 Å². The molecule has 0 aromatic rings. The molecule has 102 valence electrons. The van der Waals surface area contributed by atoms with Crippen molar-refractivity contribution in [1.29, 1.82) is 0 Å². The van der Waals surface area contributed by atoms with Crippen molar-refractivity contribution in [2.45, 2.75) is 57.2 Å². The van der Waals surface area contributed by atoms with Gasteiger partial charge in [0.05, 0.1) is 25.4 Å². The van der Waals surface area contributed by atoms with Crippen LogP contribution in [-0.4, -0.2) is 38.6 Å². The summed E-state index contributed by atoms with van der Waals surface area (Å²) in [7, 11) is 0. The summed E-state index contributed by atoms with van der Waals surface area (Å²) in [5.41, 5.74) is 2.92. The largest absolute Gasteiger partial charge is 0.377 e. The highest BCUT2D eigenvalue weighted by Crippen LogP contribution is 2.32. The molecule has 3 rings (SSSR count). The third kappa shape index (κ3) is 2.79. The molecule has 18 heavy (non-hydrogen) atoms. The van der Waals surface area contributed by atoms with Gasteiger partial charge in [-0.2, -0.15) is 0 Å². The maximum atomic E-state index is 5.97. The first-order valence-electron chi connectivity index (χ1n) is 7.48. The minimum Gasteiger partial charge on any atom is -0.377 e. The van der Waals surface area contributed by atoms with Crippen LogP contribution >= 0.6 is 0 Å². The van der Waals surface area contributed by atoms with E-state index >= 15 is 0 Å². The Bertz CT molecular complexity index is 269. The first-order valence-corrected chi connectivity index (χ1v) is 7.48. The highest BCUT2D eigenvalue weighted by molar-refractivity contribution is 5.25. The van der Waals surface area contributed by atoms with Gasteiger partial charge >= 0.3 is 0 Å². The van der Waals surface area contributed by atoms with Gasteiger partial charge < -0.3 is 14.2 Å². The minimum atomic E-state index is 0.305. The fourth-order valence-electron chi connectivity index (χ4n) is 3.32. The Morgan fingerprint density at radius 2 is 1.39 bits per heavy atom. The first kappa shape index (κ1) is 12.6. The quantitative estimate of drug-likeness (QED) is 0.707. The van der Waals surface area contributed by atoms with Crippen LogP contribution in [0.5, 0.6) is 0 Å². The average Bonchev–Trinajstić information content (AvgIpc) is 2.49. The molecule has 2 fully saturated rings. The van der Waals surface area contributed by atoms with Crippen LogP contribution in [0.3, 0.4) is 0 Å². The van der Waals surface area contributed by atoms with E-state index in [-0.39, 0.29) is 0 Å². The predicted octanol–water partition coefficient (Wildman–Crippen LogP) is 2.84.